The maximum absolute atomic E-state index is 13.2. The number of hydrogen-bond acceptors (Lipinski definition) is 7. The van der Waals surface area contributed by atoms with Crippen molar-refractivity contribution in [3.63, 3.8) is 0 Å². The van der Waals surface area contributed by atoms with E-state index in [1.807, 2.05) is 54.6 Å². The summed E-state index contributed by atoms with van der Waals surface area (Å²) in [7, 11) is 4.90. The molecule has 10 heteroatoms. The highest BCUT2D eigenvalue weighted by Crippen LogP contribution is 2.42. The molecule has 2 aliphatic rings. The van der Waals surface area contributed by atoms with Crippen molar-refractivity contribution in [3.05, 3.63) is 81.7 Å². The number of nitrogens with one attached hydrogen (secondary N) is 1. The van der Waals surface area contributed by atoms with Crippen LogP contribution in [-0.2, 0) is 4.79 Å². The Morgan fingerprint density at radius 1 is 1.00 bits per heavy atom. The summed E-state index contributed by atoms with van der Waals surface area (Å²) in [5.74, 6) is 0.959. The van der Waals surface area contributed by atoms with E-state index in [1.54, 1.807) is 32.2 Å². The number of ether oxygens (including phenoxy) is 2. The highest BCUT2D eigenvalue weighted by molar-refractivity contribution is 8.04. The molecule has 0 bridgehead atoms. The third-order valence-corrected chi connectivity index (χ3v) is 8.82. The molecule has 1 fully saturated rings. The molecule has 3 aromatic rings. The van der Waals surface area contributed by atoms with Crippen molar-refractivity contribution in [1.82, 2.24) is 10.2 Å². The van der Waals surface area contributed by atoms with Crippen LogP contribution in [0.5, 0.6) is 11.5 Å². The number of amides is 2. The zero-order valence-electron chi connectivity index (χ0n) is 24.1. The van der Waals surface area contributed by atoms with Crippen molar-refractivity contribution in [2.75, 3.05) is 70.3 Å². The number of piperazine rings is 1. The average Bonchev–Trinajstić information content (AvgIpc) is 3.01. The van der Waals surface area contributed by atoms with Crippen molar-refractivity contribution < 1.29 is 19.1 Å². The second-order valence-electron chi connectivity index (χ2n) is 10.2. The van der Waals surface area contributed by atoms with Gasteiger partial charge in [-0.1, -0.05) is 35.5 Å². The van der Waals surface area contributed by atoms with Gasteiger partial charge in [0.25, 0.3) is 11.8 Å². The van der Waals surface area contributed by atoms with E-state index in [0.29, 0.717) is 28.5 Å². The summed E-state index contributed by atoms with van der Waals surface area (Å²) >= 11 is 7.54. The van der Waals surface area contributed by atoms with Crippen LogP contribution >= 0.6 is 23.4 Å². The van der Waals surface area contributed by atoms with Crippen molar-refractivity contribution in [1.29, 1.82) is 0 Å². The van der Waals surface area contributed by atoms with E-state index in [-0.39, 0.29) is 11.8 Å². The molecule has 220 valence electrons. The van der Waals surface area contributed by atoms with Gasteiger partial charge in [-0.25, -0.2) is 0 Å². The Kier molecular flexibility index (Phi) is 9.62. The lowest BCUT2D eigenvalue weighted by atomic mass is 10.1. The highest BCUT2D eigenvalue weighted by Gasteiger charge is 2.27. The molecule has 0 aromatic heterocycles. The lowest BCUT2D eigenvalue weighted by Crippen LogP contribution is -2.47. The van der Waals surface area contributed by atoms with Gasteiger partial charge >= 0.3 is 0 Å². The van der Waals surface area contributed by atoms with Gasteiger partial charge < -0.3 is 24.6 Å². The zero-order chi connectivity index (χ0) is 29.6. The smallest absolute Gasteiger partial charge is 0.264 e. The van der Waals surface area contributed by atoms with Gasteiger partial charge in [0, 0.05) is 60.9 Å². The minimum absolute atomic E-state index is 0.129. The summed E-state index contributed by atoms with van der Waals surface area (Å²) in [6.07, 6.45) is 2.71. The van der Waals surface area contributed by atoms with Gasteiger partial charge in [0.15, 0.2) is 11.5 Å². The normalized spacial score (nSPS) is 16.4. The van der Waals surface area contributed by atoms with Crippen LogP contribution in [0, 0.1) is 0 Å². The summed E-state index contributed by atoms with van der Waals surface area (Å²) < 4.78 is 10.7. The van der Waals surface area contributed by atoms with E-state index in [1.165, 1.54) is 11.8 Å². The predicted molar refractivity (Wildman–Crippen MR) is 170 cm³/mol. The topological polar surface area (TPSA) is 74.4 Å². The Hall–Kier alpha value is -3.66. The molecule has 1 N–H and O–H groups in total. The maximum Gasteiger partial charge on any atom is 0.264 e. The Bertz CT molecular complexity index is 1490. The Morgan fingerprint density at radius 2 is 1.79 bits per heavy atom. The Balaban J connectivity index is 1.13. The SMILES string of the molecule is COc1ccc(C=C2Sc3ccc(C(=O)NCCCN4CCN(c5cccc(Cl)c5)CC4)cc3N(C)C2=O)cc1OC. The fraction of sp³-hybridized carbons (Fsp3) is 0.312. The Morgan fingerprint density at radius 3 is 2.52 bits per heavy atom. The lowest BCUT2D eigenvalue weighted by molar-refractivity contribution is -0.114. The van der Waals surface area contributed by atoms with Crippen LogP contribution in [-0.4, -0.2) is 77.3 Å². The number of methoxy groups -OCH3 is 2. The van der Waals surface area contributed by atoms with Gasteiger partial charge in [-0.3, -0.25) is 14.5 Å². The van der Waals surface area contributed by atoms with Gasteiger partial charge in [-0.15, -0.1) is 0 Å². The van der Waals surface area contributed by atoms with E-state index in [9.17, 15) is 9.59 Å². The first-order valence-electron chi connectivity index (χ1n) is 13.9. The number of halogens is 1. The number of benzene rings is 3. The van der Waals surface area contributed by atoms with Gasteiger partial charge in [-0.05, 0) is 73.1 Å². The largest absolute Gasteiger partial charge is 0.493 e. The number of likely N-dealkylation sites (N-methyl/N-ethyl adjacent to an activating group) is 1. The minimum atomic E-state index is -0.138. The van der Waals surface area contributed by atoms with Crippen LogP contribution in [0.25, 0.3) is 6.08 Å². The second-order valence-corrected chi connectivity index (χ2v) is 11.7. The predicted octanol–water partition coefficient (Wildman–Crippen LogP) is 5.41. The monoisotopic (exact) mass is 606 g/mol. The molecule has 0 spiro atoms. The van der Waals surface area contributed by atoms with Crippen LogP contribution in [0.3, 0.4) is 0 Å². The van der Waals surface area contributed by atoms with Crippen molar-refractivity contribution in [3.8, 4) is 11.5 Å². The number of hydrogen-bond donors (Lipinski definition) is 1. The van der Waals surface area contributed by atoms with Crippen LogP contribution in [0.1, 0.15) is 22.3 Å². The van der Waals surface area contributed by atoms with E-state index in [0.717, 1.165) is 66.0 Å². The van der Waals surface area contributed by atoms with Crippen molar-refractivity contribution >= 4 is 52.6 Å². The number of nitrogens with zero attached hydrogens (tertiary/aromatic N) is 3. The quantitative estimate of drug-likeness (QED) is 0.258. The fourth-order valence-corrected chi connectivity index (χ4v) is 6.42. The third kappa shape index (κ3) is 6.86. The van der Waals surface area contributed by atoms with Crippen molar-refractivity contribution in [2.24, 2.45) is 0 Å². The average molecular weight is 607 g/mol. The van der Waals surface area contributed by atoms with Gasteiger partial charge in [0.2, 0.25) is 0 Å². The summed E-state index contributed by atoms with van der Waals surface area (Å²) in [4.78, 5) is 34.0. The third-order valence-electron chi connectivity index (χ3n) is 7.51. The number of thioether (sulfide) groups is 1. The molecule has 5 rings (SSSR count). The molecule has 2 aliphatic heterocycles. The number of carbonyl (C=O) groups is 2. The second kappa shape index (κ2) is 13.5. The molecule has 8 nitrogen and oxygen atoms in total. The molecule has 0 radical (unpaired) electrons. The van der Waals surface area contributed by atoms with E-state index < -0.39 is 0 Å². The molecule has 0 saturated carbocycles. The van der Waals surface area contributed by atoms with Gasteiger partial charge in [0.1, 0.15) is 0 Å². The molecule has 0 aliphatic carbocycles. The number of carbonyl (C=O) groups excluding carboxylic acids is 2. The summed E-state index contributed by atoms with van der Waals surface area (Å²) in [5, 5.41) is 3.80. The summed E-state index contributed by atoms with van der Waals surface area (Å²) in [6, 6.07) is 19.0. The number of fused-ring (bicyclic) bond motifs is 1. The molecule has 3 aromatic carbocycles. The standard InChI is InChI=1S/C32H35ClN4O4S/c1-35-26-20-23(9-11-29(26)42-30(32(35)39)19-22-8-10-27(40-2)28(18-22)41-3)31(38)34-12-5-13-36-14-16-37(17-15-36)25-7-4-6-24(33)21-25/h4,6-11,18-21H,5,12-17H2,1-3H3,(H,34,38). The van der Waals surface area contributed by atoms with Crippen LogP contribution in [0.4, 0.5) is 11.4 Å². The molecular formula is C32H35ClN4O4S. The summed E-state index contributed by atoms with van der Waals surface area (Å²) in [6.45, 7) is 5.38. The minimum Gasteiger partial charge on any atom is -0.493 e. The van der Waals surface area contributed by atoms with Crippen LogP contribution < -0.4 is 24.6 Å². The van der Waals surface area contributed by atoms with Gasteiger partial charge in [0.05, 0.1) is 24.8 Å². The van der Waals surface area contributed by atoms with Gasteiger partial charge in [-0.2, -0.15) is 0 Å². The van der Waals surface area contributed by atoms with Crippen LogP contribution in [0.15, 0.2) is 70.5 Å². The highest BCUT2D eigenvalue weighted by atomic mass is 35.5. The molecule has 0 atom stereocenters. The first-order valence-corrected chi connectivity index (χ1v) is 15.1. The molecule has 2 heterocycles. The molecule has 2 amide bonds. The number of anilines is 2. The van der Waals surface area contributed by atoms with Crippen LogP contribution in [0.2, 0.25) is 5.02 Å². The molecular weight excluding hydrogens is 572 g/mol. The van der Waals surface area contributed by atoms with E-state index in [4.69, 9.17) is 21.1 Å². The molecule has 42 heavy (non-hydrogen) atoms. The summed E-state index contributed by atoms with van der Waals surface area (Å²) in [5.41, 5.74) is 3.26. The van der Waals surface area contributed by atoms with Crippen molar-refractivity contribution in [2.45, 2.75) is 11.3 Å². The van der Waals surface area contributed by atoms with E-state index in [2.05, 4.69) is 21.2 Å². The first-order chi connectivity index (χ1) is 20.4. The Labute approximate surface area is 256 Å². The fourth-order valence-electron chi connectivity index (χ4n) is 5.14. The molecule has 1 saturated heterocycles. The molecule has 0 unspecified atom stereocenters. The first kappa shape index (κ1) is 29.8. The zero-order valence-corrected chi connectivity index (χ0v) is 25.6. The maximum atomic E-state index is 13.2. The van der Waals surface area contributed by atoms with E-state index >= 15 is 0 Å². The number of rotatable bonds is 9. The lowest BCUT2D eigenvalue weighted by Gasteiger charge is -2.36.